The Morgan fingerprint density at radius 2 is 2.22 bits per heavy atom. The van der Waals surface area contributed by atoms with Crippen LogP contribution in [-0.4, -0.2) is 68.1 Å². The van der Waals surface area contributed by atoms with Crippen molar-refractivity contribution in [1.82, 2.24) is 4.31 Å². The van der Waals surface area contributed by atoms with Crippen molar-refractivity contribution in [3.63, 3.8) is 0 Å². The Hall–Kier alpha value is -0.700. The second kappa shape index (κ2) is 5.96. The molecule has 1 saturated heterocycles. The number of aliphatic hydroxyl groups excluding tert-OH is 1. The Kier molecular flexibility index (Phi) is 5.09. The first-order chi connectivity index (χ1) is 8.34. The summed E-state index contributed by atoms with van der Waals surface area (Å²) in [6.07, 6.45) is -0.555. The van der Waals surface area contributed by atoms with E-state index >= 15 is 0 Å². The van der Waals surface area contributed by atoms with Gasteiger partial charge in [-0.3, -0.25) is 4.79 Å². The van der Waals surface area contributed by atoms with Crippen molar-refractivity contribution in [3.05, 3.63) is 0 Å². The summed E-state index contributed by atoms with van der Waals surface area (Å²) in [5, 5.41) is 7.75. The summed E-state index contributed by atoms with van der Waals surface area (Å²) in [4.78, 5) is 11.4. The van der Waals surface area contributed by atoms with E-state index in [-0.39, 0.29) is 25.8 Å². The number of ether oxygens (including phenoxy) is 2. The van der Waals surface area contributed by atoms with E-state index in [0.717, 1.165) is 7.11 Å². The van der Waals surface area contributed by atoms with Crippen molar-refractivity contribution in [1.29, 1.82) is 0 Å². The molecule has 1 fully saturated rings. The number of aliphatic hydroxyl groups is 1. The minimum absolute atomic E-state index is 0.0430. The largest absolute Gasteiger partial charge is 0.468 e. The lowest BCUT2D eigenvalue weighted by Gasteiger charge is -2.37. The zero-order valence-electron chi connectivity index (χ0n) is 10.7. The number of hydrogen-bond donors (Lipinski definition) is 1. The summed E-state index contributed by atoms with van der Waals surface area (Å²) in [5.74, 6) is -0.797. The van der Waals surface area contributed by atoms with Gasteiger partial charge in [0.1, 0.15) is 0 Å². The van der Waals surface area contributed by atoms with E-state index < -0.39 is 27.3 Å². The van der Waals surface area contributed by atoms with E-state index in [1.807, 2.05) is 0 Å². The van der Waals surface area contributed by atoms with E-state index in [2.05, 4.69) is 4.74 Å². The van der Waals surface area contributed by atoms with Crippen molar-refractivity contribution in [3.8, 4) is 0 Å². The molecule has 1 N–H and O–H groups in total. The Morgan fingerprint density at radius 1 is 1.61 bits per heavy atom. The van der Waals surface area contributed by atoms with E-state index in [1.165, 1.54) is 11.2 Å². The molecule has 0 aromatic heterocycles. The molecule has 0 aromatic carbocycles. The second-order valence-electron chi connectivity index (χ2n) is 4.27. The maximum absolute atomic E-state index is 12.2. The van der Waals surface area contributed by atoms with Gasteiger partial charge in [-0.05, 0) is 13.8 Å². The summed E-state index contributed by atoms with van der Waals surface area (Å²) in [6, 6.07) is -0.370. The lowest BCUT2D eigenvalue weighted by molar-refractivity contribution is -0.139. The van der Waals surface area contributed by atoms with Gasteiger partial charge in [0.15, 0.2) is 5.25 Å². The molecular formula is C10H19NO6S. The molecule has 0 amide bonds. The van der Waals surface area contributed by atoms with Crippen LogP contribution in [0.4, 0.5) is 0 Å². The van der Waals surface area contributed by atoms with Crippen LogP contribution < -0.4 is 0 Å². The molecule has 106 valence electrons. The quantitative estimate of drug-likeness (QED) is 0.662. The normalized spacial score (nSPS) is 27.8. The molecule has 0 aliphatic carbocycles. The summed E-state index contributed by atoms with van der Waals surface area (Å²) >= 11 is 0. The van der Waals surface area contributed by atoms with Gasteiger partial charge >= 0.3 is 5.97 Å². The Balaban J connectivity index is 2.92. The van der Waals surface area contributed by atoms with Crippen LogP contribution in [0.25, 0.3) is 0 Å². The lowest BCUT2D eigenvalue weighted by Crippen LogP contribution is -2.55. The molecule has 0 aromatic rings. The molecule has 0 bridgehead atoms. The Bertz CT molecular complexity index is 395. The molecule has 7 nitrogen and oxygen atoms in total. The third-order valence-electron chi connectivity index (χ3n) is 2.96. The van der Waals surface area contributed by atoms with Crippen LogP contribution in [0, 0.1) is 0 Å². The van der Waals surface area contributed by atoms with Crippen LogP contribution in [-0.2, 0) is 24.3 Å². The average Bonchev–Trinajstić information content (AvgIpc) is 2.37. The molecule has 1 aliphatic heterocycles. The minimum atomic E-state index is -3.80. The number of carbonyl (C=O) groups excluding carboxylic acids is 1. The van der Waals surface area contributed by atoms with Gasteiger partial charge in [0.05, 0.1) is 26.4 Å². The summed E-state index contributed by atoms with van der Waals surface area (Å²) in [6.45, 7) is 2.96. The Labute approximate surface area is 107 Å². The molecule has 1 heterocycles. The number of methoxy groups -OCH3 is 1. The summed E-state index contributed by atoms with van der Waals surface area (Å²) in [7, 11) is -2.65. The number of sulfonamides is 1. The highest BCUT2D eigenvalue weighted by atomic mass is 32.2. The van der Waals surface area contributed by atoms with E-state index in [0.29, 0.717) is 0 Å². The molecule has 3 atom stereocenters. The molecule has 3 unspecified atom stereocenters. The monoisotopic (exact) mass is 281 g/mol. The zero-order valence-corrected chi connectivity index (χ0v) is 11.5. The van der Waals surface area contributed by atoms with Gasteiger partial charge in [-0.25, -0.2) is 8.42 Å². The van der Waals surface area contributed by atoms with Crippen molar-refractivity contribution in [2.45, 2.75) is 31.2 Å². The van der Waals surface area contributed by atoms with Crippen molar-refractivity contribution in [2.24, 2.45) is 0 Å². The zero-order chi connectivity index (χ0) is 13.9. The molecular weight excluding hydrogens is 262 g/mol. The fraction of sp³-hybridized carbons (Fsp3) is 0.900. The van der Waals surface area contributed by atoms with Gasteiger partial charge in [0, 0.05) is 12.6 Å². The molecule has 8 heteroatoms. The highest BCUT2D eigenvalue weighted by Gasteiger charge is 2.40. The predicted octanol–water partition coefficient (Wildman–Crippen LogP) is -1.04. The molecule has 0 saturated carbocycles. The van der Waals surface area contributed by atoms with Crippen LogP contribution in [0.3, 0.4) is 0 Å². The molecule has 0 radical (unpaired) electrons. The van der Waals surface area contributed by atoms with Crippen LogP contribution in [0.15, 0.2) is 0 Å². The minimum Gasteiger partial charge on any atom is -0.468 e. The predicted molar refractivity (Wildman–Crippen MR) is 63.4 cm³/mol. The third kappa shape index (κ3) is 3.00. The van der Waals surface area contributed by atoms with Crippen molar-refractivity contribution >= 4 is 16.0 Å². The number of morpholine rings is 1. The second-order valence-corrected chi connectivity index (χ2v) is 6.47. The first-order valence-electron chi connectivity index (χ1n) is 5.65. The fourth-order valence-corrected chi connectivity index (χ4v) is 3.43. The molecule has 1 rings (SSSR count). The van der Waals surface area contributed by atoms with Gasteiger partial charge < -0.3 is 14.6 Å². The maximum atomic E-state index is 12.2. The number of rotatable bonds is 4. The molecule has 18 heavy (non-hydrogen) atoms. The van der Waals surface area contributed by atoms with E-state index in [1.54, 1.807) is 6.92 Å². The highest BCUT2D eigenvalue weighted by molar-refractivity contribution is 7.90. The van der Waals surface area contributed by atoms with Crippen LogP contribution in [0.1, 0.15) is 13.8 Å². The lowest BCUT2D eigenvalue weighted by atomic mass is 10.2. The van der Waals surface area contributed by atoms with Gasteiger partial charge in [-0.15, -0.1) is 0 Å². The smallest absolute Gasteiger partial charge is 0.325 e. The topological polar surface area (TPSA) is 93.1 Å². The van der Waals surface area contributed by atoms with Crippen molar-refractivity contribution < 1.29 is 27.8 Å². The van der Waals surface area contributed by atoms with Crippen molar-refractivity contribution in [2.75, 3.05) is 26.9 Å². The van der Waals surface area contributed by atoms with E-state index in [4.69, 9.17) is 9.84 Å². The highest BCUT2D eigenvalue weighted by Crippen LogP contribution is 2.19. The van der Waals surface area contributed by atoms with Crippen LogP contribution >= 0.6 is 0 Å². The summed E-state index contributed by atoms with van der Waals surface area (Å²) < 4.78 is 35.4. The number of nitrogens with zero attached hydrogens (tertiary/aromatic N) is 1. The van der Waals surface area contributed by atoms with Gasteiger partial charge in [-0.2, -0.15) is 4.31 Å². The Morgan fingerprint density at radius 3 is 2.72 bits per heavy atom. The molecule has 1 aliphatic rings. The summed E-state index contributed by atoms with van der Waals surface area (Å²) in [5.41, 5.74) is 0. The number of hydrogen-bond acceptors (Lipinski definition) is 6. The van der Waals surface area contributed by atoms with E-state index in [9.17, 15) is 13.2 Å². The van der Waals surface area contributed by atoms with Crippen LogP contribution in [0.5, 0.6) is 0 Å². The van der Waals surface area contributed by atoms with Gasteiger partial charge in [0.25, 0.3) is 0 Å². The third-order valence-corrected chi connectivity index (χ3v) is 5.21. The fourth-order valence-electron chi connectivity index (χ4n) is 1.75. The first kappa shape index (κ1) is 15.4. The molecule has 0 spiro atoms. The van der Waals surface area contributed by atoms with Gasteiger partial charge in [0.2, 0.25) is 10.0 Å². The van der Waals surface area contributed by atoms with Crippen LogP contribution in [0.2, 0.25) is 0 Å². The first-order valence-corrected chi connectivity index (χ1v) is 7.15. The number of carbonyl (C=O) groups is 1. The maximum Gasteiger partial charge on any atom is 0.325 e. The SMILES string of the molecule is COC(=O)C(C)S(=O)(=O)N1CC(CO)OCC1C. The standard InChI is InChI=1S/C10H19NO6S/c1-7-6-17-9(5-12)4-11(7)18(14,15)8(2)10(13)16-3/h7-9,12H,4-6H2,1-3H3. The number of esters is 1. The van der Waals surface area contributed by atoms with Gasteiger partial charge in [-0.1, -0.05) is 0 Å². The average molecular weight is 281 g/mol.